The highest BCUT2D eigenvalue weighted by Gasteiger charge is 2.02. The molecule has 0 aliphatic heterocycles. The smallest absolute Gasteiger partial charge is 0.313 e. The predicted octanol–water partition coefficient (Wildman–Crippen LogP) is -1.17. The summed E-state index contributed by atoms with van der Waals surface area (Å²) in [7, 11) is -4.57. The van der Waals surface area contributed by atoms with E-state index in [-0.39, 0.29) is 0 Å². The van der Waals surface area contributed by atoms with Crippen LogP contribution in [-0.4, -0.2) is 5.26 Å². The van der Waals surface area contributed by atoms with E-state index in [4.69, 9.17) is 5.26 Å². The van der Waals surface area contributed by atoms with E-state index in [1.165, 1.54) is 0 Å². The Balaban J connectivity index is 3.61. The molecule has 0 aliphatic rings. The molecule has 7 heteroatoms. The van der Waals surface area contributed by atoms with Crippen LogP contribution < -0.4 is 10.8 Å². The van der Waals surface area contributed by atoms with Crippen LogP contribution in [0.4, 0.5) is 0 Å². The van der Waals surface area contributed by atoms with Crippen LogP contribution in [0.2, 0.25) is 0 Å². The molecule has 0 saturated carbocycles. The average molecular weight is 128 g/mol. The number of nitrogens with two attached hydrogens (primary N) is 1. The highest BCUT2D eigenvalue weighted by atomic mass is 31.2. The fourth-order valence-electron chi connectivity index (χ4n) is 0.0192. The van der Waals surface area contributed by atoms with Gasteiger partial charge in [-0.3, -0.25) is 4.57 Å². The van der Waals surface area contributed by atoms with E-state index >= 15 is 0 Å². The summed E-state index contributed by atoms with van der Waals surface area (Å²) in [6, 6.07) is 0. The van der Waals surface area contributed by atoms with Crippen molar-refractivity contribution < 1.29 is 24.0 Å². The van der Waals surface area contributed by atoms with Crippen LogP contribution in [0.5, 0.6) is 0 Å². The molecular formula is H3NO5P-. The van der Waals surface area contributed by atoms with Gasteiger partial charge in [0.2, 0.25) is 0 Å². The first-order valence-corrected chi connectivity index (χ1v) is 2.61. The zero-order valence-electron chi connectivity index (χ0n) is 3.10. The Bertz CT molecular complexity index is 80.1. The molecule has 0 spiro atoms. The van der Waals surface area contributed by atoms with Crippen LogP contribution >= 0.6 is 7.82 Å². The standard InChI is InChI=1S/H4NO5P/c1-5-7(3,4)6-2/h2H,1H2,(H,3,4)/p-1. The normalized spacial score (nSPS) is 18.7. The van der Waals surface area contributed by atoms with Crippen LogP contribution in [0.3, 0.4) is 0 Å². The number of hydrogen-bond acceptors (Lipinski definition) is 6. The van der Waals surface area contributed by atoms with Crippen LogP contribution in [0, 0.1) is 0 Å². The van der Waals surface area contributed by atoms with Gasteiger partial charge < -0.3 is 4.89 Å². The summed E-state index contributed by atoms with van der Waals surface area (Å²) in [5.41, 5.74) is 0. The highest BCUT2D eigenvalue weighted by molar-refractivity contribution is 7.45. The Hall–Kier alpha value is 0.0300. The van der Waals surface area contributed by atoms with Gasteiger partial charge in [0.05, 0.1) is 0 Å². The molecule has 1 unspecified atom stereocenters. The van der Waals surface area contributed by atoms with Crippen molar-refractivity contribution in [1.82, 2.24) is 0 Å². The monoisotopic (exact) mass is 128 g/mol. The average Bonchev–Trinajstić information content (AvgIpc) is 1.68. The van der Waals surface area contributed by atoms with Crippen molar-refractivity contribution in [3.63, 3.8) is 0 Å². The topological polar surface area (TPSA) is 105 Å². The Labute approximate surface area is 39.0 Å². The van der Waals surface area contributed by atoms with Gasteiger partial charge in [-0.25, -0.2) is 15.8 Å². The minimum Gasteiger partial charge on any atom is -0.753 e. The molecule has 44 valence electrons. The number of rotatable bonds is 2. The van der Waals surface area contributed by atoms with E-state index in [1.54, 1.807) is 0 Å². The van der Waals surface area contributed by atoms with E-state index in [2.05, 4.69) is 15.2 Å². The van der Waals surface area contributed by atoms with Crippen LogP contribution in [-0.2, 0) is 13.9 Å². The van der Waals surface area contributed by atoms with E-state index in [9.17, 15) is 9.46 Å². The third-order valence-electron chi connectivity index (χ3n) is 0.229. The van der Waals surface area contributed by atoms with Crippen LogP contribution in [0.25, 0.3) is 0 Å². The molecule has 0 fully saturated rings. The Morgan fingerprint density at radius 2 is 2.29 bits per heavy atom. The minimum atomic E-state index is -4.57. The zero-order chi connectivity index (χ0) is 5.91. The molecule has 0 rings (SSSR count). The van der Waals surface area contributed by atoms with Crippen molar-refractivity contribution in [1.29, 1.82) is 0 Å². The number of phosphoric acid groups is 1. The summed E-state index contributed by atoms with van der Waals surface area (Å²) in [5.74, 6) is 4.06. The minimum absolute atomic E-state index is 2.74. The summed E-state index contributed by atoms with van der Waals surface area (Å²) in [4.78, 5) is 9.58. The molecule has 0 heterocycles. The summed E-state index contributed by atoms with van der Waals surface area (Å²) in [6.07, 6.45) is 0. The largest absolute Gasteiger partial charge is 0.753 e. The van der Waals surface area contributed by atoms with Crippen molar-refractivity contribution in [3.8, 4) is 0 Å². The van der Waals surface area contributed by atoms with Crippen molar-refractivity contribution in [2.75, 3.05) is 0 Å². The second-order valence-electron chi connectivity index (χ2n) is 0.634. The fourth-order valence-corrected chi connectivity index (χ4v) is 0.0577. The molecule has 1 atom stereocenters. The van der Waals surface area contributed by atoms with Gasteiger partial charge in [-0.05, 0) is 0 Å². The molecule has 0 aliphatic carbocycles. The van der Waals surface area contributed by atoms with Gasteiger partial charge in [0, 0.05) is 0 Å². The third kappa shape index (κ3) is 2.69. The molecular weight excluding hydrogens is 125 g/mol. The van der Waals surface area contributed by atoms with E-state index in [0.29, 0.717) is 0 Å². The highest BCUT2D eigenvalue weighted by Crippen LogP contribution is 2.33. The van der Waals surface area contributed by atoms with Crippen molar-refractivity contribution in [2.24, 2.45) is 5.90 Å². The van der Waals surface area contributed by atoms with Gasteiger partial charge in [0.25, 0.3) is 0 Å². The van der Waals surface area contributed by atoms with Crippen LogP contribution in [0.1, 0.15) is 0 Å². The van der Waals surface area contributed by atoms with E-state index in [0.717, 1.165) is 0 Å². The summed E-state index contributed by atoms with van der Waals surface area (Å²) < 4.78 is 15.4. The first-order chi connectivity index (χ1) is 3.12. The lowest BCUT2D eigenvalue weighted by molar-refractivity contribution is -0.283. The first kappa shape index (κ1) is 7.03. The summed E-state index contributed by atoms with van der Waals surface area (Å²) >= 11 is 0. The fraction of sp³-hybridized carbons (Fsp3) is 0. The van der Waals surface area contributed by atoms with E-state index in [1.807, 2.05) is 0 Å². The molecule has 0 amide bonds. The second kappa shape index (κ2) is 2.37. The van der Waals surface area contributed by atoms with Gasteiger partial charge >= 0.3 is 7.82 Å². The maximum Gasteiger partial charge on any atom is 0.313 e. The van der Waals surface area contributed by atoms with Crippen molar-refractivity contribution in [2.45, 2.75) is 0 Å². The Morgan fingerprint density at radius 1 is 1.86 bits per heavy atom. The molecule has 6 nitrogen and oxygen atoms in total. The molecule has 0 bridgehead atoms. The lowest BCUT2D eigenvalue weighted by Crippen LogP contribution is -2.09. The predicted molar refractivity (Wildman–Crippen MR) is 16.6 cm³/mol. The third-order valence-corrected chi connectivity index (χ3v) is 0.687. The molecule has 0 saturated heterocycles. The number of hydrogen-bond donors (Lipinski definition) is 2. The Kier molecular flexibility index (Phi) is 2.38. The van der Waals surface area contributed by atoms with Crippen LogP contribution in [0.15, 0.2) is 0 Å². The molecule has 0 aromatic carbocycles. The van der Waals surface area contributed by atoms with Gasteiger partial charge in [-0.15, -0.1) is 0 Å². The van der Waals surface area contributed by atoms with Crippen molar-refractivity contribution >= 4 is 7.82 Å². The molecule has 3 N–H and O–H groups in total. The van der Waals surface area contributed by atoms with Gasteiger partial charge in [-0.2, -0.15) is 4.67 Å². The summed E-state index contributed by atoms with van der Waals surface area (Å²) in [5, 5.41) is 7.31. The maximum atomic E-state index is 9.58. The van der Waals surface area contributed by atoms with E-state index < -0.39 is 7.82 Å². The second-order valence-corrected chi connectivity index (χ2v) is 1.90. The molecule has 7 heavy (non-hydrogen) atoms. The Morgan fingerprint density at radius 3 is 2.29 bits per heavy atom. The molecule has 0 aromatic heterocycles. The first-order valence-electron chi connectivity index (χ1n) is 1.15. The SMILES string of the molecule is NOP(=O)([O-])OO. The maximum absolute atomic E-state index is 9.58. The molecule has 0 aromatic rings. The quantitative estimate of drug-likeness (QED) is 0.276. The zero-order valence-corrected chi connectivity index (χ0v) is 4.00. The van der Waals surface area contributed by atoms with Gasteiger partial charge in [-0.1, -0.05) is 0 Å². The summed E-state index contributed by atoms with van der Waals surface area (Å²) in [6.45, 7) is 0. The van der Waals surface area contributed by atoms with Crippen molar-refractivity contribution in [3.05, 3.63) is 0 Å². The van der Waals surface area contributed by atoms with Gasteiger partial charge in [0.15, 0.2) is 0 Å². The lowest BCUT2D eigenvalue weighted by atomic mass is 13.6. The van der Waals surface area contributed by atoms with Gasteiger partial charge in [0.1, 0.15) is 0 Å². The lowest BCUT2D eigenvalue weighted by Gasteiger charge is -2.12. The molecule has 0 radical (unpaired) electrons.